The summed E-state index contributed by atoms with van der Waals surface area (Å²) in [7, 11) is 0. The third-order valence-corrected chi connectivity index (χ3v) is 5.10. The minimum atomic E-state index is 0.770. The van der Waals surface area contributed by atoms with Crippen LogP contribution in [-0.2, 0) is 6.54 Å². The molecule has 18 heavy (non-hydrogen) atoms. The average Bonchev–Trinajstić information content (AvgIpc) is 2.73. The molecule has 1 fully saturated rings. The summed E-state index contributed by atoms with van der Waals surface area (Å²) in [5, 5.41) is 4.43. The summed E-state index contributed by atoms with van der Waals surface area (Å²) in [6, 6.07) is 4.39. The Balaban J connectivity index is 1.91. The predicted octanol–water partition coefficient (Wildman–Crippen LogP) is 3.15. The maximum absolute atomic E-state index is 6.33. The van der Waals surface area contributed by atoms with Gasteiger partial charge in [0, 0.05) is 36.9 Å². The second-order valence-corrected chi connectivity index (χ2v) is 6.36. The maximum atomic E-state index is 6.33. The van der Waals surface area contributed by atoms with E-state index in [-0.39, 0.29) is 0 Å². The number of fused-ring (bicyclic) bond motifs is 2. The van der Waals surface area contributed by atoms with Gasteiger partial charge in [-0.3, -0.25) is 0 Å². The van der Waals surface area contributed by atoms with Crippen LogP contribution < -0.4 is 10.2 Å². The molecule has 3 heteroatoms. The third-order valence-electron chi connectivity index (χ3n) is 4.89. The van der Waals surface area contributed by atoms with E-state index in [0.717, 1.165) is 36.5 Å². The van der Waals surface area contributed by atoms with Crippen molar-refractivity contribution in [3.05, 3.63) is 28.3 Å². The van der Waals surface area contributed by atoms with Crippen molar-refractivity contribution in [1.82, 2.24) is 5.32 Å². The van der Waals surface area contributed by atoms with Gasteiger partial charge in [0.1, 0.15) is 0 Å². The highest BCUT2D eigenvalue weighted by atomic mass is 35.5. The van der Waals surface area contributed by atoms with E-state index in [9.17, 15) is 0 Å². The number of halogens is 1. The Morgan fingerprint density at radius 2 is 2.22 bits per heavy atom. The Hall–Kier alpha value is -0.730. The van der Waals surface area contributed by atoms with E-state index in [1.807, 2.05) is 0 Å². The Morgan fingerprint density at radius 3 is 3.17 bits per heavy atom. The molecule has 1 aromatic carbocycles. The largest absolute Gasteiger partial charge is 0.369 e. The lowest BCUT2D eigenvalue weighted by molar-refractivity contribution is 0.454. The molecule has 0 radical (unpaired) electrons. The minimum absolute atomic E-state index is 0.770. The Morgan fingerprint density at radius 1 is 1.28 bits per heavy atom. The SMILES string of the molecule is Clc1cc2c3c(c1)C1CCCC1CN3CCNC2. The second kappa shape index (κ2) is 4.14. The zero-order valence-electron chi connectivity index (χ0n) is 10.6. The van der Waals surface area contributed by atoms with Crippen LogP contribution in [0.15, 0.2) is 12.1 Å². The van der Waals surface area contributed by atoms with Crippen LogP contribution in [0.5, 0.6) is 0 Å². The number of hydrogen-bond donors (Lipinski definition) is 1. The molecule has 0 bridgehead atoms. The van der Waals surface area contributed by atoms with Crippen LogP contribution in [0.25, 0.3) is 0 Å². The normalized spacial score (nSPS) is 29.7. The van der Waals surface area contributed by atoms with Crippen molar-refractivity contribution in [2.24, 2.45) is 5.92 Å². The molecular formula is C15H19ClN2. The van der Waals surface area contributed by atoms with E-state index in [0.29, 0.717) is 0 Å². The summed E-state index contributed by atoms with van der Waals surface area (Å²) in [6.07, 6.45) is 4.15. The molecule has 4 rings (SSSR count). The first kappa shape index (κ1) is 11.1. The highest BCUT2D eigenvalue weighted by Gasteiger charge is 2.38. The van der Waals surface area contributed by atoms with Gasteiger partial charge >= 0.3 is 0 Å². The number of hydrogen-bond acceptors (Lipinski definition) is 2. The van der Waals surface area contributed by atoms with E-state index in [4.69, 9.17) is 11.6 Å². The van der Waals surface area contributed by atoms with Gasteiger partial charge in [0.05, 0.1) is 0 Å². The molecule has 2 nitrogen and oxygen atoms in total. The van der Waals surface area contributed by atoms with E-state index in [1.165, 1.54) is 42.6 Å². The van der Waals surface area contributed by atoms with Crippen LogP contribution in [0.1, 0.15) is 36.3 Å². The summed E-state index contributed by atoms with van der Waals surface area (Å²) in [5.74, 6) is 1.63. The monoisotopic (exact) mass is 262 g/mol. The first-order chi connectivity index (χ1) is 8.83. The van der Waals surface area contributed by atoms with Gasteiger partial charge in [-0.05, 0) is 47.9 Å². The quantitative estimate of drug-likeness (QED) is 0.773. The summed E-state index contributed by atoms with van der Waals surface area (Å²) in [6.45, 7) is 4.46. The second-order valence-electron chi connectivity index (χ2n) is 5.92. The van der Waals surface area contributed by atoms with Gasteiger partial charge in [-0.25, -0.2) is 0 Å². The van der Waals surface area contributed by atoms with Gasteiger partial charge in [0.2, 0.25) is 0 Å². The predicted molar refractivity (Wildman–Crippen MR) is 75.5 cm³/mol. The van der Waals surface area contributed by atoms with Crippen LogP contribution in [0, 0.1) is 5.92 Å². The molecule has 96 valence electrons. The van der Waals surface area contributed by atoms with Crippen molar-refractivity contribution in [3.8, 4) is 0 Å². The molecule has 0 aromatic heterocycles. The van der Waals surface area contributed by atoms with E-state index < -0.39 is 0 Å². The molecule has 1 aromatic rings. The van der Waals surface area contributed by atoms with Crippen molar-refractivity contribution < 1.29 is 0 Å². The van der Waals surface area contributed by atoms with Gasteiger partial charge < -0.3 is 10.2 Å². The number of benzene rings is 1. The van der Waals surface area contributed by atoms with Crippen molar-refractivity contribution in [2.75, 3.05) is 24.5 Å². The van der Waals surface area contributed by atoms with E-state index in [1.54, 1.807) is 0 Å². The number of nitrogens with one attached hydrogen (secondary N) is 1. The van der Waals surface area contributed by atoms with Crippen molar-refractivity contribution >= 4 is 17.3 Å². The summed E-state index contributed by atoms with van der Waals surface area (Å²) in [4.78, 5) is 2.60. The van der Waals surface area contributed by atoms with Crippen molar-refractivity contribution in [2.45, 2.75) is 31.7 Å². The Kier molecular flexibility index (Phi) is 2.56. The summed E-state index contributed by atoms with van der Waals surface area (Å²) >= 11 is 6.33. The molecule has 0 saturated heterocycles. The molecular weight excluding hydrogens is 244 g/mol. The standard InChI is InChI=1S/C15H19ClN2/c16-12-6-11-8-17-4-5-18-9-10-2-1-3-13(10)14(7-12)15(11)18/h6-7,10,13,17H,1-5,8-9H2. The van der Waals surface area contributed by atoms with Gasteiger partial charge in [-0.15, -0.1) is 0 Å². The van der Waals surface area contributed by atoms with Gasteiger partial charge in [-0.1, -0.05) is 18.0 Å². The highest BCUT2D eigenvalue weighted by Crippen LogP contribution is 2.49. The van der Waals surface area contributed by atoms with Crippen LogP contribution in [0.3, 0.4) is 0 Å². The fourth-order valence-electron chi connectivity index (χ4n) is 4.16. The van der Waals surface area contributed by atoms with Gasteiger partial charge in [-0.2, -0.15) is 0 Å². The van der Waals surface area contributed by atoms with Crippen LogP contribution in [0.4, 0.5) is 5.69 Å². The lowest BCUT2D eigenvalue weighted by Crippen LogP contribution is -2.38. The van der Waals surface area contributed by atoms with E-state index >= 15 is 0 Å². The highest BCUT2D eigenvalue weighted by molar-refractivity contribution is 6.30. The molecule has 1 aliphatic carbocycles. The molecule has 2 atom stereocenters. The summed E-state index contributed by atoms with van der Waals surface area (Å²) in [5.41, 5.74) is 4.45. The van der Waals surface area contributed by atoms with Gasteiger partial charge in [0.25, 0.3) is 0 Å². The number of nitrogens with zero attached hydrogens (tertiary/aromatic N) is 1. The lowest BCUT2D eigenvalue weighted by atomic mass is 9.82. The first-order valence-corrected chi connectivity index (χ1v) is 7.49. The fraction of sp³-hybridized carbons (Fsp3) is 0.600. The lowest BCUT2D eigenvalue weighted by Gasteiger charge is -2.39. The Labute approximate surface area is 113 Å². The first-order valence-electron chi connectivity index (χ1n) is 7.11. The molecule has 2 aliphatic heterocycles. The van der Waals surface area contributed by atoms with Crippen LogP contribution >= 0.6 is 11.6 Å². The average molecular weight is 263 g/mol. The fourth-order valence-corrected chi connectivity index (χ4v) is 4.41. The number of rotatable bonds is 0. The molecule has 2 unspecified atom stereocenters. The molecule has 1 N–H and O–H groups in total. The molecule has 3 aliphatic rings. The zero-order valence-corrected chi connectivity index (χ0v) is 11.3. The van der Waals surface area contributed by atoms with Crippen LogP contribution in [-0.4, -0.2) is 19.6 Å². The molecule has 0 amide bonds. The van der Waals surface area contributed by atoms with Crippen molar-refractivity contribution in [1.29, 1.82) is 0 Å². The Bertz CT molecular complexity index is 486. The van der Waals surface area contributed by atoms with E-state index in [2.05, 4.69) is 22.3 Å². The smallest absolute Gasteiger partial charge is 0.0448 e. The molecule has 1 saturated carbocycles. The van der Waals surface area contributed by atoms with Gasteiger partial charge in [0.15, 0.2) is 0 Å². The molecule has 0 spiro atoms. The zero-order chi connectivity index (χ0) is 12.1. The number of anilines is 1. The third kappa shape index (κ3) is 1.59. The minimum Gasteiger partial charge on any atom is -0.369 e. The molecule has 2 heterocycles. The van der Waals surface area contributed by atoms with Crippen LogP contribution in [0.2, 0.25) is 5.02 Å². The maximum Gasteiger partial charge on any atom is 0.0448 e. The van der Waals surface area contributed by atoms with Crippen molar-refractivity contribution in [3.63, 3.8) is 0 Å². The summed E-state index contributed by atoms with van der Waals surface area (Å²) < 4.78 is 0. The topological polar surface area (TPSA) is 15.3 Å².